The van der Waals surface area contributed by atoms with E-state index < -0.39 is 0 Å². The van der Waals surface area contributed by atoms with E-state index in [1.807, 2.05) is 31.2 Å². The molecule has 1 N–H and O–H groups in total. The summed E-state index contributed by atoms with van der Waals surface area (Å²) in [5.74, 6) is 1.06. The Balaban J connectivity index is 1.79. The van der Waals surface area contributed by atoms with Gasteiger partial charge in [-0.25, -0.2) is 0 Å². The fraction of sp³-hybridized carbons (Fsp3) is 0.533. The molecule has 2 aliphatic heterocycles. The van der Waals surface area contributed by atoms with Crippen molar-refractivity contribution in [2.75, 3.05) is 13.2 Å². The number of nitrogens with zero attached hydrogens (tertiary/aromatic N) is 1. The van der Waals surface area contributed by atoms with Gasteiger partial charge in [0.2, 0.25) is 5.91 Å². The Kier molecular flexibility index (Phi) is 3.42. The maximum absolute atomic E-state index is 12.0. The summed E-state index contributed by atoms with van der Waals surface area (Å²) in [4.78, 5) is 14.3. The van der Waals surface area contributed by atoms with E-state index in [4.69, 9.17) is 4.74 Å². The topological polar surface area (TPSA) is 41.6 Å². The van der Waals surface area contributed by atoms with Gasteiger partial charge in [-0.05, 0) is 37.5 Å². The lowest BCUT2D eigenvalue weighted by Gasteiger charge is -2.31. The van der Waals surface area contributed by atoms with Crippen LogP contribution in [0.2, 0.25) is 0 Å². The monoisotopic (exact) mass is 260 g/mol. The van der Waals surface area contributed by atoms with Crippen LogP contribution >= 0.6 is 0 Å². The number of fused-ring (bicyclic) bond motifs is 1. The first-order chi connectivity index (χ1) is 9.29. The van der Waals surface area contributed by atoms with Crippen molar-refractivity contribution >= 4 is 5.91 Å². The summed E-state index contributed by atoms with van der Waals surface area (Å²) >= 11 is 0. The average molecular weight is 260 g/mol. The number of amides is 1. The fourth-order valence-electron chi connectivity index (χ4n) is 3.05. The molecule has 0 aromatic heterocycles. The van der Waals surface area contributed by atoms with Crippen molar-refractivity contribution in [3.8, 4) is 5.75 Å². The van der Waals surface area contributed by atoms with Crippen molar-refractivity contribution in [2.24, 2.45) is 0 Å². The van der Waals surface area contributed by atoms with E-state index in [9.17, 15) is 4.79 Å². The highest BCUT2D eigenvalue weighted by Crippen LogP contribution is 2.32. The zero-order chi connectivity index (χ0) is 13.2. The van der Waals surface area contributed by atoms with Crippen LogP contribution in [0.5, 0.6) is 5.75 Å². The lowest BCUT2D eigenvalue weighted by Crippen LogP contribution is -2.38. The Morgan fingerprint density at radius 3 is 2.84 bits per heavy atom. The van der Waals surface area contributed by atoms with Gasteiger partial charge in [0.25, 0.3) is 0 Å². The molecule has 0 aliphatic carbocycles. The van der Waals surface area contributed by atoms with E-state index in [1.54, 1.807) is 0 Å². The number of carbonyl (C=O) groups is 1. The fourth-order valence-corrected chi connectivity index (χ4v) is 3.05. The Morgan fingerprint density at radius 1 is 1.32 bits per heavy atom. The molecule has 3 rings (SSSR count). The molecule has 1 aromatic rings. The van der Waals surface area contributed by atoms with Crippen molar-refractivity contribution in [2.45, 2.75) is 38.4 Å². The Labute approximate surface area is 113 Å². The molecule has 2 heterocycles. The third-order valence-electron chi connectivity index (χ3n) is 3.96. The van der Waals surface area contributed by atoms with Gasteiger partial charge in [0, 0.05) is 6.54 Å². The Bertz CT molecular complexity index is 458. The average Bonchev–Trinajstić information content (AvgIpc) is 2.78. The summed E-state index contributed by atoms with van der Waals surface area (Å²) < 4.78 is 5.45. The van der Waals surface area contributed by atoms with Gasteiger partial charge in [-0.15, -0.1) is 0 Å². The second-order valence-corrected chi connectivity index (χ2v) is 5.16. The lowest BCUT2D eigenvalue weighted by atomic mass is 10.0. The number of nitrogens with one attached hydrogen (secondary N) is 1. The first-order valence-electron chi connectivity index (χ1n) is 7.08. The van der Waals surface area contributed by atoms with E-state index in [-0.39, 0.29) is 18.1 Å². The maximum atomic E-state index is 12.0. The predicted octanol–water partition coefficient (Wildman–Crippen LogP) is 2.07. The molecule has 1 aromatic carbocycles. The first-order valence-corrected chi connectivity index (χ1v) is 7.08. The number of rotatable bonds is 3. The summed E-state index contributed by atoms with van der Waals surface area (Å²) in [6, 6.07) is 8.12. The zero-order valence-corrected chi connectivity index (χ0v) is 11.3. The van der Waals surface area contributed by atoms with E-state index in [0.717, 1.165) is 30.7 Å². The number of benzene rings is 1. The smallest absolute Gasteiger partial charge is 0.238 e. The quantitative estimate of drug-likeness (QED) is 0.904. The van der Waals surface area contributed by atoms with Gasteiger partial charge >= 0.3 is 0 Å². The van der Waals surface area contributed by atoms with Crippen LogP contribution < -0.4 is 10.1 Å². The van der Waals surface area contributed by atoms with Gasteiger partial charge in [0.05, 0.1) is 12.6 Å². The Hall–Kier alpha value is -1.55. The Morgan fingerprint density at radius 2 is 2.11 bits per heavy atom. The van der Waals surface area contributed by atoms with Gasteiger partial charge in [0.15, 0.2) is 0 Å². The summed E-state index contributed by atoms with van der Waals surface area (Å²) in [7, 11) is 0. The molecule has 0 saturated carbocycles. The molecule has 4 heteroatoms. The highest BCUT2D eigenvalue weighted by atomic mass is 16.5. The van der Waals surface area contributed by atoms with Crippen LogP contribution in [0, 0.1) is 0 Å². The van der Waals surface area contributed by atoms with E-state index in [2.05, 4.69) is 10.2 Å². The number of piperidine rings is 1. The number of carbonyl (C=O) groups excluding carboxylic acids is 1. The number of ether oxygens (including phenoxy) is 1. The van der Waals surface area contributed by atoms with Crippen LogP contribution in [0.4, 0.5) is 0 Å². The molecule has 2 atom stereocenters. The van der Waals surface area contributed by atoms with Gasteiger partial charge < -0.3 is 10.1 Å². The minimum absolute atomic E-state index is 0.0356. The molecule has 2 unspecified atom stereocenters. The van der Waals surface area contributed by atoms with Crippen molar-refractivity contribution < 1.29 is 9.53 Å². The first kappa shape index (κ1) is 12.5. The normalized spacial score (nSPS) is 26.9. The second kappa shape index (κ2) is 5.21. The number of hydrogen-bond acceptors (Lipinski definition) is 3. The molecule has 1 amide bonds. The molecular formula is C15H20N2O2. The molecule has 2 aliphatic rings. The van der Waals surface area contributed by atoms with Gasteiger partial charge in [-0.3, -0.25) is 9.69 Å². The summed E-state index contributed by atoms with van der Waals surface area (Å²) in [6.07, 6.45) is 3.36. The standard InChI is InChI=1S/C15H20N2O2/c1-2-19-12-8-6-11(7-9-12)14-16-15(18)13-5-3-4-10-17(13)14/h6-9,13-14H,2-5,10H2,1H3,(H,16,18). The van der Waals surface area contributed by atoms with E-state index >= 15 is 0 Å². The summed E-state index contributed by atoms with van der Waals surface area (Å²) in [6.45, 7) is 3.65. The zero-order valence-electron chi connectivity index (χ0n) is 11.3. The summed E-state index contributed by atoms with van der Waals surface area (Å²) in [5, 5.41) is 3.11. The van der Waals surface area contributed by atoms with Gasteiger partial charge in [-0.1, -0.05) is 18.6 Å². The molecule has 2 fully saturated rings. The molecule has 0 spiro atoms. The SMILES string of the molecule is CCOc1ccc(C2NC(=O)C3CCCCN32)cc1. The van der Waals surface area contributed by atoms with Crippen LogP contribution in [-0.4, -0.2) is 30.0 Å². The van der Waals surface area contributed by atoms with Crippen LogP contribution in [0.3, 0.4) is 0 Å². The maximum Gasteiger partial charge on any atom is 0.238 e. The molecule has 4 nitrogen and oxygen atoms in total. The lowest BCUT2D eigenvalue weighted by molar-refractivity contribution is -0.122. The second-order valence-electron chi connectivity index (χ2n) is 5.16. The third kappa shape index (κ3) is 2.32. The third-order valence-corrected chi connectivity index (χ3v) is 3.96. The van der Waals surface area contributed by atoms with Crippen LogP contribution in [0.15, 0.2) is 24.3 Å². The number of hydrogen-bond donors (Lipinski definition) is 1. The van der Waals surface area contributed by atoms with Crippen molar-refractivity contribution in [1.82, 2.24) is 10.2 Å². The van der Waals surface area contributed by atoms with Gasteiger partial charge in [-0.2, -0.15) is 0 Å². The molecule has 0 radical (unpaired) electrons. The largest absolute Gasteiger partial charge is 0.494 e. The molecule has 0 bridgehead atoms. The van der Waals surface area contributed by atoms with Crippen molar-refractivity contribution in [3.05, 3.63) is 29.8 Å². The predicted molar refractivity (Wildman–Crippen MR) is 72.8 cm³/mol. The van der Waals surface area contributed by atoms with Crippen LogP contribution in [0.1, 0.15) is 37.9 Å². The molecule has 19 heavy (non-hydrogen) atoms. The highest BCUT2D eigenvalue weighted by Gasteiger charge is 2.41. The van der Waals surface area contributed by atoms with Gasteiger partial charge in [0.1, 0.15) is 11.9 Å². The summed E-state index contributed by atoms with van der Waals surface area (Å²) in [5.41, 5.74) is 1.14. The molecule has 102 valence electrons. The van der Waals surface area contributed by atoms with Crippen LogP contribution in [0.25, 0.3) is 0 Å². The van der Waals surface area contributed by atoms with E-state index in [0.29, 0.717) is 6.61 Å². The van der Waals surface area contributed by atoms with Crippen LogP contribution in [-0.2, 0) is 4.79 Å². The van der Waals surface area contributed by atoms with E-state index in [1.165, 1.54) is 6.42 Å². The highest BCUT2D eigenvalue weighted by molar-refractivity contribution is 5.84. The van der Waals surface area contributed by atoms with Crippen molar-refractivity contribution in [1.29, 1.82) is 0 Å². The minimum Gasteiger partial charge on any atom is -0.494 e. The molecular weight excluding hydrogens is 240 g/mol. The van der Waals surface area contributed by atoms with Crippen molar-refractivity contribution in [3.63, 3.8) is 0 Å². The molecule has 2 saturated heterocycles. The minimum atomic E-state index is 0.0356.